The van der Waals surface area contributed by atoms with Crippen LogP contribution in [0.3, 0.4) is 0 Å². The van der Waals surface area contributed by atoms with Crippen molar-refractivity contribution >= 4 is 42.4 Å². The molecular weight excluding hydrogens is 466 g/mol. The van der Waals surface area contributed by atoms with Crippen molar-refractivity contribution in [3.63, 3.8) is 0 Å². The van der Waals surface area contributed by atoms with Gasteiger partial charge >= 0.3 is 0 Å². The molecule has 1 N–H and O–H groups in total. The Morgan fingerprint density at radius 2 is 2.03 bits per heavy atom. The number of aromatic nitrogens is 1. The van der Waals surface area contributed by atoms with E-state index in [0.717, 1.165) is 41.3 Å². The van der Waals surface area contributed by atoms with Crippen LogP contribution in [0.4, 0.5) is 5.13 Å². The molecule has 1 heterocycles. The molecule has 1 atom stereocenters. The van der Waals surface area contributed by atoms with Gasteiger partial charge in [-0.3, -0.25) is 4.79 Å². The normalized spacial score (nSPS) is 16.1. The first kappa shape index (κ1) is 24.1. The van der Waals surface area contributed by atoms with E-state index in [-0.39, 0.29) is 16.4 Å². The highest BCUT2D eigenvalue weighted by Gasteiger charge is 2.42. The number of carbonyl (C=O) groups is 1. The summed E-state index contributed by atoms with van der Waals surface area (Å²) in [5.74, 6) is 0.215. The van der Waals surface area contributed by atoms with Crippen molar-refractivity contribution in [1.82, 2.24) is 4.98 Å². The molecule has 1 amide bonds. The second-order valence-electron chi connectivity index (χ2n) is 8.77. The third-order valence-corrected chi connectivity index (χ3v) is 9.20. The second kappa shape index (κ2) is 9.69. The minimum absolute atomic E-state index is 0.0226. The van der Waals surface area contributed by atoms with Crippen molar-refractivity contribution in [3.05, 3.63) is 65.6 Å². The van der Waals surface area contributed by atoms with Crippen molar-refractivity contribution < 1.29 is 13.2 Å². The van der Waals surface area contributed by atoms with Gasteiger partial charge in [-0.15, -0.1) is 0 Å². The molecule has 1 aliphatic rings. The van der Waals surface area contributed by atoms with Crippen LogP contribution in [0.5, 0.6) is 0 Å². The molecule has 6 nitrogen and oxygen atoms in total. The second-order valence-corrected chi connectivity index (χ2v) is 11.7. The first-order valence-corrected chi connectivity index (χ1v) is 13.8. The van der Waals surface area contributed by atoms with Gasteiger partial charge in [0.15, 0.2) is 5.13 Å². The summed E-state index contributed by atoms with van der Waals surface area (Å²) in [6, 6.07) is 14.4. The highest BCUT2D eigenvalue weighted by Crippen LogP contribution is 2.42. The fourth-order valence-corrected chi connectivity index (χ4v) is 6.66. The average molecular weight is 494 g/mol. The van der Waals surface area contributed by atoms with Crippen molar-refractivity contribution in [2.75, 3.05) is 5.32 Å². The highest BCUT2D eigenvalue weighted by atomic mass is 32.2. The summed E-state index contributed by atoms with van der Waals surface area (Å²) in [6.07, 6.45) is 5.56. The Kier molecular flexibility index (Phi) is 6.87. The van der Waals surface area contributed by atoms with E-state index in [0.29, 0.717) is 29.5 Å². The summed E-state index contributed by atoms with van der Waals surface area (Å²) < 4.78 is 25.8. The van der Waals surface area contributed by atoms with Gasteiger partial charge in [0.05, 0.1) is 26.1 Å². The number of nitrogens with zero attached hydrogens (tertiary/aromatic N) is 2. The fraction of sp³-hybridized carbons (Fsp3) is 0.346. The molecule has 0 bridgehead atoms. The zero-order valence-electron chi connectivity index (χ0n) is 19.1. The molecule has 1 aliphatic carbocycles. The molecule has 1 aromatic heterocycles. The molecule has 0 saturated heterocycles. The number of rotatable bonds is 8. The first-order valence-electron chi connectivity index (χ1n) is 11.4. The van der Waals surface area contributed by atoms with Crippen molar-refractivity contribution in [2.24, 2.45) is 5.92 Å². The van der Waals surface area contributed by atoms with E-state index in [1.165, 1.54) is 17.4 Å². The standard InChI is InChI=1S/C26H27N3O3S2/c1-3-26(16-18-9-5-6-10-18,20-13-14-23(19(15-20)17-27)34(31,32)4-2)24(30)29-25-28-21-11-7-8-12-22(21)33-25/h4,7-8,11-15,18H,2-3,5-6,9-10,16H2,1H3,(H,28,29,30). The van der Waals surface area contributed by atoms with E-state index in [1.807, 2.05) is 37.3 Å². The molecule has 0 spiro atoms. The molecule has 0 aliphatic heterocycles. The fourth-order valence-electron chi connectivity index (χ4n) is 4.95. The molecule has 2 aromatic carbocycles. The Morgan fingerprint density at radius 1 is 1.29 bits per heavy atom. The van der Waals surface area contributed by atoms with Crippen LogP contribution in [0.1, 0.15) is 56.6 Å². The van der Waals surface area contributed by atoms with Gasteiger partial charge in [-0.1, -0.05) is 68.7 Å². The van der Waals surface area contributed by atoms with Crippen LogP contribution in [-0.4, -0.2) is 19.3 Å². The monoisotopic (exact) mass is 493 g/mol. The Bertz CT molecular complexity index is 1350. The number of amides is 1. The number of thiazole rings is 1. The molecular formula is C26H27N3O3S2. The van der Waals surface area contributed by atoms with E-state index in [1.54, 1.807) is 12.1 Å². The summed E-state index contributed by atoms with van der Waals surface area (Å²) in [6.45, 7) is 5.33. The molecule has 34 heavy (non-hydrogen) atoms. The Hall–Kier alpha value is -3.02. The number of nitrogens with one attached hydrogen (secondary N) is 1. The predicted octanol–water partition coefficient (Wildman–Crippen LogP) is 5.95. The number of para-hydroxylation sites is 1. The van der Waals surface area contributed by atoms with Crippen LogP contribution in [0.15, 0.2) is 59.3 Å². The van der Waals surface area contributed by atoms with Crippen LogP contribution in [0, 0.1) is 17.2 Å². The minimum Gasteiger partial charge on any atom is -0.301 e. The van der Waals surface area contributed by atoms with Gasteiger partial charge < -0.3 is 5.32 Å². The number of nitriles is 1. The summed E-state index contributed by atoms with van der Waals surface area (Å²) in [4.78, 5) is 18.4. The zero-order valence-corrected chi connectivity index (χ0v) is 20.7. The summed E-state index contributed by atoms with van der Waals surface area (Å²) >= 11 is 1.42. The Labute approximate surface area is 204 Å². The number of sulfone groups is 1. The van der Waals surface area contributed by atoms with Gasteiger partial charge in [0.2, 0.25) is 15.7 Å². The molecule has 3 aromatic rings. The number of benzene rings is 2. The molecule has 1 fully saturated rings. The van der Waals surface area contributed by atoms with Gasteiger partial charge in [-0.2, -0.15) is 5.26 Å². The molecule has 176 valence electrons. The number of hydrogen-bond donors (Lipinski definition) is 1. The van der Waals surface area contributed by atoms with Crippen LogP contribution >= 0.6 is 11.3 Å². The summed E-state index contributed by atoms with van der Waals surface area (Å²) in [5, 5.41) is 14.1. The lowest BCUT2D eigenvalue weighted by atomic mass is 9.70. The zero-order chi connectivity index (χ0) is 24.3. The third-order valence-electron chi connectivity index (χ3n) is 6.84. The van der Waals surface area contributed by atoms with Crippen LogP contribution in [0.25, 0.3) is 10.2 Å². The minimum atomic E-state index is -3.78. The maximum atomic E-state index is 13.9. The van der Waals surface area contributed by atoms with Gasteiger partial charge in [0, 0.05) is 5.41 Å². The van der Waals surface area contributed by atoms with Crippen LogP contribution < -0.4 is 5.32 Å². The maximum absolute atomic E-state index is 13.9. The average Bonchev–Trinajstić information content (AvgIpc) is 3.51. The van der Waals surface area contributed by atoms with Gasteiger partial charge in [0.25, 0.3) is 0 Å². The van der Waals surface area contributed by atoms with Crippen LogP contribution in [0.2, 0.25) is 0 Å². The number of fused-ring (bicyclic) bond motifs is 1. The number of carbonyl (C=O) groups excluding carboxylic acids is 1. The van der Waals surface area contributed by atoms with Gasteiger partial charge in [-0.05, 0) is 48.6 Å². The van der Waals surface area contributed by atoms with Crippen molar-refractivity contribution in [2.45, 2.75) is 55.8 Å². The van der Waals surface area contributed by atoms with Crippen LogP contribution in [-0.2, 0) is 20.0 Å². The van der Waals surface area contributed by atoms with E-state index in [9.17, 15) is 18.5 Å². The molecule has 1 saturated carbocycles. The molecule has 4 rings (SSSR count). The van der Waals surface area contributed by atoms with Crippen molar-refractivity contribution in [1.29, 1.82) is 5.26 Å². The maximum Gasteiger partial charge on any atom is 0.236 e. The first-order chi connectivity index (χ1) is 16.3. The van der Waals surface area contributed by atoms with E-state index in [2.05, 4.69) is 16.9 Å². The topological polar surface area (TPSA) is 99.9 Å². The lowest BCUT2D eigenvalue weighted by molar-refractivity contribution is -0.122. The lowest BCUT2D eigenvalue weighted by Crippen LogP contribution is -2.41. The summed E-state index contributed by atoms with van der Waals surface area (Å²) in [7, 11) is -3.78. The van der Waals surface area contributed by atoms with Gasteiger partial charge in [0.1, 0.15) is 6.07 Å². The largest absolute Gasteiger partial charge is 0.301 e. The lowest BCUT2D eigenvalue weighted by Gasteiger charge is -2.34. The smallest absolute Gasteiger partial charge is 0.236 e. The molecule has 8 heteroatoms. The highest BCUT2D eigenvalue weighted by molar-refractivity contribution is 7.94. The van der Waals surface area contributed by atoms with Crippen molar-refractivity contribution in [3.8, 4) is 6.07 Å². The Balaban J connectivity index is 1.78. The van der Waals surface area contributed by atoms with E-state index in [4.69, 9.17) is 0 Å². The Morgan fingerprint density at radius 3 is 2.68 bits per heavy atom. The summed E-state index contributed by atoms with van der Waals surface area (Å²) in [5.41, 5.74) is 0.593. The molecule has 0 radical (unpaired) electrons. The predicted molar refractivity (Wildman–Crippen MR) is 135 cm³/mol. The van der Waals surface area contributed by atoms with Gasteiger partial charge in [-0.25, -0.2) is 13.4 Å². The third kappa shape index (κ3) is 4.50. The van der Waals surface area contributed by atoms with E-state index < -0.39 is 15.3 Å². The quantitative estimate of drug-likeness (QED) is 0.418. The van der Waals surface area contributed by atoms with E-state index >= 15 is 0 Å². The number of anilines is 1. The molecule has 1 unspecified atom stereocenters. The SMILES string of the molecule is C=CS(=O)(=O)c1ccc(C(CC)(CC2CCCC2)C(=O)Nc2nc3ccccc3s2)cc1C#N. The number of hydrogen-bond acceptors (Lipinski definition) is 6.